The van der Waals surface area contributed by atoms with Crippen molar-refractivity contribution in [2.75, 3.05) is 6.54 Å². The number of ether oxygens (including phenoxy) is 1. The Balaban J connectivity index is 1.87. The molecule has 15 heavy (non-hydrogen) atoms. The van der Waals surface area contributed by atoms with Gasteiger partial charge in [0.2, 0.25) is 5.88 Å². The smallest absolute Gasteiger partial charge is 0.219 e. The number of hydrogen-bond acceptors (Lipinski definition) is 3. The third-order valence-corrected chi connectivity index (χ3v) is 4.30. The highest BCUT2D eigenvalue weighted by Crippen LogP contribution is 2.56. The van der Waals surface area contributed by atoms with Crippen LogP contribution < -0.4 is 10.1 Å². The van der Waals surface area contributed by atoms with E-state index in [4.69, 9.17) is 16.3 Å². The molecule has 0 amide bonds. The molecule has 3 heterocycles. The van der Waals surface area contributed by atoms with Crippen LogP contribution in [0.3, 0.4) is 0 Å². The number of nitrogens with zero attached hydrogens (tertiary/aromatic N) is 1. The first-order valence-electron chi connectivity index (χ1n) is 5.38. The summed E-state index contributed by atoms with van der Waals surface area (Å²) in [5.41, 5.74) is 1.24. The van der Waals surface area contributed by atoms with Gasteiger partial charge in [-0.1, -0.05) is 17.7 Å². The van der Waals surface area contributed by atoms with Crippen LogP contribution in [0.5, 0.6) is 5.88 Å². The zero-order chi connectivity index (χ0) is 10.0. The van der Waals surface area contributed by atoms with Crippen LogP contribution in [0.2, 0.25) is 5.15 Å². The molecule has 78 valence electrons. The minimum Gasteiger partial charge on any atom is -0.468 e. The fourth-order valence-electron chi connectivity index (χ4n) is 3.22. The topological polar surface area (TPSA) is 34.1 Å². The van der Waals surface area contributed by atoms with Crippen molar-refractivity contribution < 1.29 is 4.74 Å². The van der Waals surface area contributed by atoms with Crippen molar-refractivity contribution in [2.24, 2.45) is 0 Å². The van der Waals surface area contributed by atoms with E-state index in [-0.39, 0.29) is 5.60 Å². The van der Waals surface area contributed by atoms with Crippen LogP contribution in [0.1, 0.15) is 24.3 Å². The van der Waals surface area contributed by atoms with Gasteiger partial charge < -0.3 is 10.1 Å². The molecule has 3 atom stereocenters. The summed E-state index contributed by atoms with van der Waals surface area (Å²) in [7, 11) is 0. The van der Waals surface area contributed by atoms with E-state index in [0.29, 0.717) is 17.1 Å². The predicted octanol–water partition coefficient (Wildman–Crippen LogP) is 1.72. The van der Waals surface area contributed by atoms with E-state index in [1.807, 2.05) is 6.07 Å². The number of fused-ring (bicyclic) bond motifs is 2. The van der Waals surface area contributed by atoms with Gasteiger partial charge in [0, 0.05) is 24.1 Å². The lowest BCUT2D eigenvalue weighted by atomic mass is 9.70. The van der Waals surface area contributed by atoms with Crippen molar-refractivity contribution in [3.63, 3.8) is 0 Å². The Morgan fingerprint density at radius 2 is 2.47 bits per heavy atom. The van der Waals surface area contributed by atoms with Crippen molar-refractivity contribution in [2.45, 2.75) is 30.4 Å². The molecule has 2 fully saturated rings. The van der Waals surface area contributed by atoms with Crippen molar-refractivity contribution >= 4 is 11.6 Å². The number of rotatable bonds is 0. The molecule has 4 heteroatoms. The average molecular weight is 223 g/mol. The van der Waals surface area contributed by atoms with Gasteiger partial charge >= 0.3 is 0 Å². The van der Waals surface area contributed by atoms with Crippen LogP contribution in [0.25, 0.3) is 0 Å². The fraction of sp³-hybridized carbons (Fsp3) is 0.545. The summed E-state index contributed by atoms with van der Waals surface area (Å²) in [5.74, 6) is 1.25. The van der Waals surface area contributed by atoms with Crippen molar-refractivity contribution in [1.29, 1.82) is 0 Å². The van der Waals surface area contributed by atoms with E-state index in [2.05, 4.69) is 16.4 Å². The van der Waals surface area contributed by atoms with Gasteiger partial charge in [-0.3, -0.25) is 0 Å². The first-order valence-corrected chi connectivity index (χ1v) is 5.76. The van der Waals surface area contributed by atoms with Gasteiger partial charge in [-0.15, -0.1) is 0 Å². The predicted molar refractivity (Wildman–Crippen MR) is 56.4 cm³/mol. The lowest BCUT2D eigenvalue weighted by Crippen LogP contribution is -2.56. The summed E-state index contributed by atoms with van der Waals surface area (Å²) >= 11 is 5.87. The molecule has 2 aliphatic heterocycles. The second-order valence-electron chi connectivity index (χ2n) is 4.64. The summed E-state index contributed by atoms with van der Waals surface area (Å²) in [4.78, 5) is 4.27. The number of pyridine rings is 1. The van der Waals surface area contributed by atoms with E-state index in [1.54, 1.807) is 0 Å². The van der Waals surface area contributed by atoms with Gasteiger partial charge in [0.1, 0.15) is 10.8 Å². The lowest BCUT2D eigenvalue weighted by Gasteiger charge is -2.43. The van der Waals surface area contributed by atoms with Crippen molar-refractivity contribution in [1.82, 2.24) is 10.3 Å². The summed E-state index contributed by atoms with van der Waals surface area (Å²) in [6.45, 7) is 1.01. The molecule has 4 rings (SSSR count). The number of hydrogen-bond donors (Lipinski definition) is 1. The molecule has 1 spiro atoms. The van der Waals surface area contributed by atoms with E-state index < -0.39 is 0 Å². The van der Waals surface area contributed by atoms with Gasteiger partial charge in [0.25, 0.3) is 0 Å². The second-order valence-corrected chi connectivity index (χ2v) is 5.02. The largest absolute Gasteiger partial charge is 0.468 e. The Morgan fingerprint density at radius 3 is 3.27 bits per heavy atom. The molecular weight excluding hydrogens is 212 g/mol. The van der Waals surface area contributed by atoms with Gasteiger partial charge in [0.05, 0.1) is 0 Å². The van der Waals surface area contributed by atoms with Gasteiger partial charge in [-0.25, -0.2) is 4.98 Å². The van der Waals surface area contributed by atoms with Gasteiger partial charge in [-0.2, -0.15) is 0 Å². The van der Waals surface area contributed by atoms with Gasteiger partial charge in [0.15, 0.2) is 0 Å². The monoisotopic (exact) mass is 222 g/mol. The SMILES string of the molecule is Clc1ccc2c(n1)O[C@@]13CC[C@@H]1NC[C@H]23. The normalized spacial score (nSPS) is 40.1. The maximum atomic E-state index is 6.04. The van der Waals surface area contributed by atoms with E-state index in [9.17, 15) is 0 Å². The molecule has 0 aromatic carbocycles. The first kappa shape index (κ1) is 8.36. The lowest BCUT2D eigenvalue weighted by molar-refractivity contribution is -0.0116. The van der Waals surface area contributed by atoms with Crippen LogP contribution in [-0.2, 0) is 0 Å². The molecular formula is C11H11ClN2O. The summed E-state index contributed by atoms with van der Waals surface area (Å²) in [6, 6.07) is 4.44. The Hall–Kier alpha value is -0.800. The maximum absolute atomic E-state index is 6.04. The molecule has 1 aromatic rings. The molecule has 1 saturated carbocycles. The van der Waals surface area contributed by atoms with Gasteiger partial charge in [-0.05, 0) is 18.9 Å². The van der Waals surface area contributed by atoms with Crippen LogP contribution in [0.4, 0.5) is 0 Å². The highest BCUT2D eigenvalue weighted by molar-refractivity contribution is 6.29. The Labute approximate surface area is 92.8 Å². The highest BCUT2D eigenvalue weighted by Gasteiger charge is 2.63. The van der Waals surface area contributed by atoms with Crippen LogP contribution in [0.15, 0.2) is 12.1 Å². The minimum absolute atomic E-state index is 0.0139. The fourth-order valence-corrected chi connectivity index (χ4v) is 3.36. The number of halogens is 1. The summed E-state index contributed by atoms with van der Waals surface area (Å²) < 4.78 is 6.04. The summed E-state index contributed by atoms with van der Waals surface area (Å²) in [5, 5.41) is 4.04. The third-order valence-electron chi connectivity index (χ3n) is 4.09. The maximum Gasteiger partial charge on any atom is 0.219 e. The molecule has 1 N–H and O–H groups in total. The second kappa shape index (κ2) is 2.47. The third kappa shape index (κ3) is 0.848. The highest BCUT2D eigenvalue weighted by atomic mass is 35.5. The molecule has 3 aliphatic rings. The molecule has 0 bridgehead atoms. The first-order chi connectivity index (χ1) is 7.29. The van der Waals surface area contributed by atoms with E-state index in [1.165, 1.54) is 12.0 Å². The zero-order valence-corrected chi connectivity index (χ0v) is 8.92. The molecule has 1 saturated heterocycles. The van der Waals surface area contributed by atoms with E-state index >= 15 is 0 Å². The van der Waals surface area contributed by atoms with Crippen LogP contribution >= 0.6 is 11.6 Å². The molecule has 1 aromatic heterocycles. The molecule has 0 unspecified atom stereocenters. The van der Waals surface area contributed by atoms with Crippen LogP contribution in [-0.4, -0.2) is 23.2 Å². The number of nitrogens with one attached hydrogen (secondary N) is 1. The molecule has 1 aliphatic carbocycles. The summed E-state index contributed by atoms with van der Waals surface area (Å²) in [6.07, 6.45) is 2.36. The Morgan fingerprint density at radius 1 is 1.53 bits per heavy atom. The minimum atomic E-state index is 0.0139. The average Bonchev–Trinajstić information content (AvgIpc) is 2.63. The van der Waals surface area contributed by atoms with Crippen molar-refractivity contribution in [3.05, 3.63) is 22.8 Å². The van der Waals surface area contributed by atoms with Crippen LogP contribution in [0, 0.1) is 0 Å². The van der Waals surface area contributed by atoms with Crippen molar-refractivity contribution in [3.8, 4) is 5.88 Å². The number of aromatic nitrogens is 1. The Kier molecular flexibility index (Phi) is 1.38. The molecule has 3 nitrogen and oxygen atoms in total. The standard InChI is InChI=1S/C11H11ClN2O/c12-9-2-1-6-7-5-13-8-3-4-11(7,8)15-10(6)14-9/h1-2,7-8,13H,3-5H2/t7-,8+,11-/m1/s1. The Bertz CT molecular complexity index is 450. The van der Waals surface area contributed by atoms with E-state index in [0.717, 1.165) is 18.8 Å². The molecule has 0 radical (unpaired) electrons. The quantitative estimate of drug-likeness (QED) is 0.679. The zero-order valence-electron chi connectivity index (χ0n) is 8.16.